The van der Waals surface area contributed by atoms with Crippen molar-refractivity contribution in [3.05, 3.63) is 45.2 Å². The number of nitrogens with zero attached hydrogens (tertiary/aromatic N) is 2. The summed E-state index contributed by atoms with van der Waals surface area (Å²) in [5.74, 6) is 0. The second-order valence-electron chi connectivity index (χ2n) is 7.55. The SMILES string of the molecule is Cc1cc(C)c2cc(CN(CCCO)C(=S)NCCCN(C)C)c(=O)[nH]c2c1. The molecule has 1 aromatic carbocycles. The molecule has 0 saturated heterocycles. The van der Waals surface area contributed by atoms with Crippen molar-refractivity contribution in [1.29, 1.82) is 0 Å². The Morgan fingerprint density at radius 3 is 2.61 bits per heavy atom. The molecule has 0 saturated carbocycles. The molecule has 3 N–H and O–H groups in total. The van der Waals surface area contributed by atoms with Crippen molar-refractivity contribution in [2.75, 3.05) is 40.3 Å². The van der Waals surface area contributed by atoms with Gasteiger partial charge in [0.15, 0.2) is 5.11 Å². The zero-order chi connectivity index (χ0) is 20.7. The van der Waals surface area contributed by atoms with Gasteiger partial charge in [-0.15, -0.1) is 0 Å². The molecular weight excluding hydrogens is 372 g/mol. The first kappa shape index (κ1) is 22.3. The first-order chi connectivity index (χ1) is 13.3. The van der Waals surface area contributed by atoms with Crippen LogP contribution in [0, 0.1) is 13.8 Å². The summed E-state index contributed by atoms with van der Waals surface area (Å²) in [5, 5.41) is 14.2. The molecule has 0 aliphatic carbocycles. The maximum atomic E-state index is 12.6. The highest BCUT2D eigenvalue weighted by Gasteiger charge is 2.13. The Bertz CT molecular complexity index is 863. The lowest BCUT2D eigenvalue weighted by molar-refractivity contribution is 0.264. The molecule has 1 aromatic heterocycles. The molecule has 7 heteroatoms. The van der Waals surface area contributed by atoms with Crippen molar-refractivity contribution in [3.8, 4) is 0 Å². The number of pyridine rings is 1. The van der Waals surface area contributed by atoms with Gasteiger partial charge in [0.1, 0.15) is 0 Å². The molecule has 2 rings (SSSR count). The minimum absolute atomic E-state index is 0.0895. The summed E-state index contributed by atoms with van der Waals surface area (Å²) < 4.78 is 0. The van der Waals surface area contributed by atoms with E-state index in [9.17, 15) is 9.90 Å². The quantitative estimate of drug-likeness (QED) is 0.439. The number of aromatic amines is 1. The molecule has 6 nitrogen and oxygen atoms in total. The van der Waals surface area contributed by atoms with E-state index in [1.54, 1.807) is 0 Å². The van der Waals surface area contributed by atoms with Gasteiger partial charge in [0.2, 0.25) is 0 Å². The van der Waals surface area contributed by atoms with Gasteiger partial charge in [-0.2, -0.15) is 0 Å². The van der Waals surface area contributed by atoms with E-state index in [1.807, 2.05) is 38.1 Å². The lowest BCUT2D eigenvalue weighted by atomic mass is 10.0. The molecule has 0 aliphatic heterocycles. The number of fused-ring (bicyclic) bond motifs is 1. The summed E-state index contributed by atoms with van der Waals surface area (Å²) in [4.78, 5) is 19.7. The monoisotopic (exact) mass is 404 g/mol. The third-order valence-electron chi connectivity index (χ3n) is 4.68. The Morgan fingerprint density at radius 2 is 1.93 bits per heavy atom. The average Bonchev–Trinajstić information content (AvgIpc) is 2.62. The van der Waals surface area contributed by atoms with Crippen LogP contribution in [0.2, 0.25) is 0 Å². The highest BCUT2D eigenvalue weighted by atomic mass is 32.1. The van der Waals surface area contributed by atoms with Crippen LogP contribution in [0.15, 0.2) is 23.0 Å². The molecule has 0 unspecified atom stereocenters. The fourth-order valence-corrected chi connectivity index (χ4v) is 3.51. The Hall–Kier alpha value is -1.96. The van der Waals surface area contributed by atoms with E-state index in [0.717, 1.165) is 41.5 Å². The maximum absolute atomic E-state index is 12.6. The molecule has 0 amide bonds. The van der Waals surface area contributed by atoms with Crippen LogP contribution in [-0.4, -0.2) is 65.3 Å². The number of aryl methyl sites for hydroxylation is 2. The van der Waals surface area contributed by atoms with E-state index in [-0.39, 0.29) is 12.2 Å². The summed E-state index contributed by atoms with van der Waals surface area (Å²) in [6.45, 7) is 6.94. The Labute approximate surface area is 172 Å². The fourth-order valence-electron chi connectivity index (χ4n) is 3.26. The van der Waals surface area contributed by atoms with E-state index in [4.69, 9.17) is 12.2 Å². The first-order valence-electron chi connectivity index (χ1n) is 9.73. The summed E-state index contributed by atoms with van der Waals surface area (Å²) in [6, 6.07) is 6.07. The predicted octanol–water partition coefficient (Wildman–Crippen LogP) is 2.16. The summed E-state index contributed by atoms with van der Waals surface area (Å²) in [7, 11) is 4.09. The molecule has 0 atom stereocenters. The van der Waals surface area contributed by atoms with E-state index in [0.29, 0.717) is 30.2 Å². The predicted molar refractivity (Wildman–Crippen MR) is 120 cm³/mol. The van der Waals surface area contributed by atoms with Gasteiger partial charge in [-0.25, -0.2) is 0 Å². The van der Waals surface area contributed by atoms with Crippen molar-refractivity contribution in [3.63, 3.8) is 0 Å². The normalized spacial score (nSPS) is 11.2. The first-order valence-corrected chi connectivity index (χ1v) is 10.1. The summed E-state index contributed by atoms with van der Waals surface area (Å²) >= 11 is 5.56. The van der Waals surface area contributed by atoms with Crippen molar-refractivity contribution in [2.45, 2.75) is 33.2 Å². The maximum Gasteiger partial charge on any atom is 0.253 e. The lowest BCUT2D eigenvalue weighted by Crippen LogP contribution is -2.41. The fraction of sp³-hybridized carbons (Fsp3) is 0.524. The van der Waals surface area contributed by atoms with E-state index < -0.39 is 0 Å². The van der Waals surface area contributed by atoms with Crippen LogP contribution in [0.3, 0.4) is 0 Å². The third-order valence-corrected chi connectivity index (χ3v) is 5.09. The van der Waals surface area contributed by atoms with E-state index in [2.05, 4.69) is 28.2 Å². The molecule has 0 spiro atoms. The largest absolute Gasteiger partial charge is 0.396 e. The van der Waals surface area contributed by atoms with Gasteiger partial charge in [0.25, 0.3) is 5.56 Å². The van der Waals surface area contributed by atoms with E-state index >= 15 is 0 Å². The number of thiocarbonyl (C=S) groups is 1. The number of hydrogen-bond donors (Lipinski definition) is 3. The molecule has 0 aliphatic rings. The van der Waals surface area contributed by atoms with Crippen LogP contribution in [-0.2, 0) is 6.54 Å². The molecule has 0 radical (unpaired) electrons. The Balaban J connectivity index is 2.17. The van der Waals surface area contributed by atoms with Crippen LogP contribution < -0.4 is 10.9 Å². The second-order valence-corrected chi connectivity index (χ2v) is 7.94. The topological polar surface area (TPSA) is 71.6 Å². The van der Waals surface area contributed by atoms with E-state index in [1.165, 1.54) is 0 Å². The molecule has 1 heterocycles. The number of nitrogens with one attached hydrogen (secondary N) is 2. The van der Waals surface area contributed by atoms with Crippen molar-refractivity contribution in [1.82, 2.24) is 20.1 Å². The van der Waals surface area contributed by atoms with Crippen LogP contribution in [0.5, 0.6) is 0 Å². The van der Waals surface area contributed by atoms with Gasteiger partial charge in [0.05, 0.1) is 6.54 Å². The van der Waals surface area contributed by atoms with Crippen LogP contribution >= 0.6 is 12.2 Å². The minimum Gasteiger partial charge on any atom is -0.396 e. The number of aromatic nitrogens is 1. The number of hydrogen-bond acceptors (Lipinski definition) is 4. The molecule has 28 heavy (non-hydrogen) atoms. The van der Waals surface area contributed by atoms with Gasteiger partial charge in [0, 0.05) is 36.2 Å². The zero-order valence-electron chi connectivity index (χ0n) is 17.3. The Kier molecular flexibility index (Phi) is 8.41. The highest BCUT2D eigenvalue weighted by molar-refractivity contribution is 7.80. The smallest absolute Gasteiger partial charge is 0.253 e. The number of H-pyrrole nitrogens is 1. The molecule has 0 fully saturated rings. The van der Waals surface area contributed by atoms with Gasteiger partial charge >= 0.3 is 0 Å². The van der Waals surface area contributed by atoms with Crippen molar-refractivity contribution in [2.24, 2.45) is 0 Å². The lowest BCUT2D eigenvalue weighted by Gasteiger charge is -2.26. The van der Waals surface area contributed by atoms with Gasteiger partial charge < -0.3 is 25.2 Å². The average molecular weight is 405 g/mol. The van der Waals surface area contributed by atoms with Gasteiger partial charge in [-0.05, 0) is 82.8 Å². The number of aliphatic hydroxyl groups is 1. The van der Waals surface area contributed by atoms with Crippen LogP contribution in [0.4, 0.5) is 0 Å². The van der Waals surface area contributed by atoms with Gasteiger partial charge in [-0.3, -0.25) is 4.79 Å². The van der Waals surface area contributed by atoms with Crippen LogP contribution in [0.25, 0.3) is 10.9 Å². The molecule has 0 bridgehead atoms. The number of aliphatic hydroxyl groups excluding tert-OH is 1. The third kappa shape index (κ3) is 6.29. The van der Waals surface area contributed by atoms with Crippen molar-refractivity contribution >= 4 is 28.2 Å². The zero-order valence-corrected chi connectivity index (χ0v) is 18.2. The molecular formula is C21H32N4O2S. The molecule has 154 valence electrons. The van der Waals surface area contributed by atoms with Gasteiger partial charge in [-0.1, -0.05) is 6.07 Å². The summed E-state index contributed by atoms with van der Waals surface area (Å²) in [6.07, 6.45) is 1.58. The standard InChI is InChI=1S/C21H32N4O2S/c1-15-11-16(2)18-13-17(20(27)23-19(18)12-15)14-25(9-6-10-26)21(28)22-7-5-8-24(3)4/h11-13,26H,5-10,14H2,1-4H3,(H,22,28)(H,23,27). The van der Waals surface area contributed by atoms with Crippen molar-refractivity contribution < 1.29 is 5.11 Å². The number of rotatable bonds is 9. The number of benzene rings is 1. The second kappa shape index (κ2) is 10.5. The summed E-state index contributed by atoms with van der Waals surface area (Å²) in [5.41, 5.74) is 3.70. The van der Waals surface area contributed by atoms with Crippen LogP contribution in [0.1, 0.15) is 29.5 Å². The Morgan fingerprint density at radius 1 is 1.18 bits per heavy atom. The molecule has 2 aromatic rings. The highest BCUT2D eigenvalue weighted by Crippen LogP contribution is 2.19. The minimum atomic E-state index is -0.0955.